The van der Waals surface area contributed by atoms with E-state index >= 15 is 0 Å². The van der Waals surface area contributed by atoms with Crippen LogP contribution in [0.25, 0.3) is 0 Å². The molecular formula is C16H19ClN2O. The fourth-order valence-electron chi connectivity index (χ4n) is 2.01. The molecule has 1 aromatic heterocycles. The molecule has 0 aliphatic carbocycles. The number of hydrogen-bond acceptors (Lipinski definition) is 3. The summed E-state index contributed by atoms with van der Waals surface area (Å²) in [4.78, 5) is 4.18. The number of aryl methyl sites for hydroxylation is 1. The quantitative estimate of drug-likeness (QED) is 0.929. The molecule has 4 heteroatoms. The van der Waals surface area contributed by atoms with E-state index in [9.17, 15) is 0 Å². The fourth-order valence-corrected chi connectivity index (χ4v) is 2.36. The molecule has 0 bridgehead atoms. The lowest BCUT2D eigenvalue weighted by molar-refractivity contribution is 0.241. The van der Waals surface area contributed by atoms with Crippen LogP contribution in [0.5, 0.6) is 5.75 Å². The van der Waals surface area contributed by atoms with Crippen molar-refractivity contribution in [3.05, 3.63) is 58.4 Å². The first kappa shape index (κ1) is 14.8. The lowest BCUT2D eigenvalue weighted by Crippen LogP contribution is -2.13. The van der Waals surface area contributed by atoms with Gasteiger partial charge in [-0.2, -0.15) is 0 Å². The Hall–Kier alpha value is -1.58. The number of aromatic nitrogens is 1. The molecule has 0 radical (unpaired) electrons. The van der Waals surface area contributed by atoms with Gasteiger partial charge in [0.2, 0.25) is 0 Å². The highest BCUT2D eigenvalue weighted by atomic mass is 35.5. The molecule has 3 nitrogen and oxygen atoms in total. The predicted molar refractivity (Wildman–Crippen MR) is 82.2 cm³/mol. The Morgan fingerprint density at radius 1 is 1.20 bits per heavy atom. The maximum atomic E-state index is 6.29. The normalized spacial score (nSPS) is 12.5. The number of benzene rings is 1. The summed E-state index contributed by atoms with van der Waals surface area (Å²) in [6.45, 7) is 5.95. The van der Waals surface area contributed by atoms with E-state index in [2.05, 4.69) is 4.98 Å². The van der Waals surface area contributed by atoms with Gasteiger partial charge in [-0.3, -0.25) is 4.98 Å². The van der Waals surface area contributed by atoms with E-state index in [0.29, 0.717) is 5.02 Å². The number of nitrogens with zero attached hydrogens (tertiary/aromatic N) is 1. The predicted octanol–water partition coefficient (Wildman–Crippen LogP) is 3.88. The first-order valence-electron chi connectivity index (χ1n) is 6.60. The van der Waals surface area contributed by atoms with Crippen LogP contribution in [-0.4, -0.2) is 11.1 Å². The molecule has 1 heterocycles. The van der Waals surface area contributed by atoms with Gasteiger partial charge < -0.3 is 10.5 Å². The largest absolute Gasteiger partial charge is 0.489 e. The van der Waals surface area contributed by atoms with Crippen LogP contribution in [0.2, 0.25) is 5.02 Å². The number of halogens is 1. The van der Waals surface area contributed by atoms with Crippen LogP contribution in [0, 0.1) is 6.92 Å². The number of nitrogens with two attached hydrogens (primary N) is 1. The molecule has 1 aromatic carbocycles. The van der Waals surface area contributed by atoms with E-state index in [1.807, 2.05) is 45.0 Å². The zero-order chi connectivity index (χ0) is 14.7. The van der Waals surface area contributed by atoms with Gasteiger partial charge in [-0.05, 0) is 49.6 Å². The van der Waals surface area contributed by atoms with Gasteiger partial charge in [-0.1, -0.05) is 23.7 Å². The minimum Gasteiger partial charge on any atom is -0.489 e. The van der Waals surface area contributed by atoms with Crippen molar-refractivity contribution in [3.8, 4) is 5.75 Å². The summed E-state index contributed by atoms with van der Waals surface area (Å²) in [5.41, 5.74) is 9.17. The zero-order valence-corrected chi connectivity index (χ0v) is 12.7. The van der Waals surface area contributed by atoms with Gasteiger partial charge >= 0.3 is 0 Å². The van der Waals surface area contributed by atoms with Gasteiger partial charge in [0.25, 0.3) is 0 Å². The molecule has 20 heavy (non-hydrogen) atoms. The molecule has 0 fully saturated rings. The molecule has 1 unspecified atom stereocenters. The molecule has 0 saturated heterocycles. The third kappa shape index (κ3) is 3.50. The van der Waals surface area contributed by atoms with Crippen molar-refractivity contribution in [2.24, 2.45) is 5.73 Å². The van der Waals surface area contributed by atoms with Crippen LogP contribution < -0.4 is 10.5 Å². The molecule has 1 atom stereocenters. The number of pyridine rings is 1. The van der Waals surface area contributed by atoms with Crippen LogP contribution >= 0.6 is 11.6 Å². The van der Waals surface area contributed by atoms with Crippen LogP contribution in [0.1, 0.15) is 36.6 Å². The van der Waals surface area contributed by atoms with Gasteiger partial charge in [0, 0.05) is 11.2 Å². The summed E-state index contributed by atoms with van der Waals surface area (Å²) in [5.74, 6) is 0.719. The van der Waals surface area contributed by atoms with Crippen molar-refractivity contribution >= 4 is 11.6 Å². The highest BCUT2D eigenvalue weighted by molar-refractivity contribution is 6.31. The summed E-state index contributed by atoms with van der Waals surface area (Å²) in [6.07, 6.45) is 3.53. The van der Waals surface area contributed by atoms with Crippen molar-refractivity contribution < 1.29 is 4.74 Å². The second-order valence-electron chi connectivity index (χ2n) is 5.12. The van der Waals surface area contributed by atoms with Crippen molar-refractivity contribution in [1.82, 2.24) is 4.98 Å². The van der Waals surface area contributed by atoms with Gasteiger partial charge in [-0.15, -0.1) is 0 Å². The first-order valence-corrected chi connectivity index (χ1v) is 6.98. The maximum Gasteiger partial charge on any atom is 0.138 e. The van der Waals surface area contributed by atoms with Crippen molar-refractivity contribution in [1.29, 1.82) is 0 Å². The summed E-state index contributed by atoms with van der Waals surface area (Å²) in [7, 11) is 0. The molecule has 2 aromatic rings. The van der Waals surface area contributed by atoms with Crippen LogP contribution in [0.4, 0.5) is 0 Å². The van der Waals surface area contributed by atoms with Crippen LogP contribution in [-0.2, 0) is 0 Å². The Morgan fingerprint density at radius 2 is 1.95 bits per heavy atom. The van der Waals surface area contributed by atoms with Gasteiger partial charge in [-0.25, -0.2) is 0 Å². The Kier molecular flexibility index (Phi) is 4.63. The summed E-state index contributed by atoms with van der Waals surface area (Å²) >= 11 is 6.27. The lowest BCUT2D eigenvalue weighted by Gasteiger charge is -2.16. The van der Waals surface area contributed by atoms with E-state index in [0.717, 1.165) is 22.4 Å². The molecule has 106 valence electrons. The standard InChI is InChI=1S/C16H19ClN2O/c1-10(2)20-13-7-12(8-19-9-13)16(18)14-5-4-11(3)6-15(14)17/h4-10,16H,18H2,1-3H3. The molecule has 2 N–H and O–H groups in total. The molecule has 0 aliphatic rings. The minimum atomic E-state index is -0.314. The van der Waals surface area contributed by atoms with Crippen molar-refractivity contribution in [3.63, 3.8) is 0 Å². The Morgan fingerprint density at radius 3 is 2.60 bits per heavy atom. The first-order chi connectivity index (χ1) is 9.47. The Bertz CT molecular complexity index is 599. The fraction of sp³-hybridized carbons (Fsp3) is 0.312. The van der Waals surface area contributed by atoms with E-state index < -0.39 is 0 Å². The topological polar surface area (TPSA) is 48.1 Å². The molecule has 0 aliphatic heterocycles. The average molecular weight is 291 g/mol. The maximum absolute atomic E-state index is 6.29. The van der Waals surface area contributed by atoms with E-state index in [-0.39, 0.29) is 12.1 Å². The van der Waals surface area contributed by atoms with Gasteiger partial charge in [0.15, 0.2) is 0 Å². The minimum absolute atomic E-state index is 0.103. The number of ether oxygens (including phenoxy) is 1. The Labute approximate surface area is 124 Å². The second-order valence-corrected chi connectivity index (χ2v) is 5.53. The van der Waals surface area contributed by atoms with Gasteiger partial charge in [0.1, 0.15) is 5.75 Å². The summed E-state index contributed by atoms with van der Waals surface area (Å²) in [6, 6.07) is 7.47. The monoisotopic (exact) mass is 290 g/mol. The van der Waals surface area contributed by atoms with Crippen LogP contribution in [0.3, 0.4) is 0 Å². The lowest BCUT2D eigenvalue weighted by atomic mass is 10.00. The number of hydrogen-bond donors (Lipinski definition) is 1. The Balaban J connectivity index is 2.30. The van der Waals surface area contributed by atoms with Crippen molar-refractivity contribution in [2.75, 3.05) is 0 Å². The third-order valence-electron chi connectivity index (χ3n) is 2.96. The smallest absolute Gasteiger partial charge is 0.138 e. The number of rotatable bonds is 4. The molecule has 0 spiro atoms. The molecule has 0 amide bonds. The third-order valence-corrected chi connectivity index (χ3v) is 3.28. The van der Waals surface area contributed by atoms with E-state index in [1.54, 1.807) is 12.4 Å². The highest BCUT2D eigenvalue weighted by Crippen LogP contribution is 2.28. The second kappa shape index (κ2) is 6.25. The van der Waals surface area contributed by atoms with E-state index in [4.69, 9.17) is 22.1 Å². The highest BCUT2D eigenvalue weighted by Gasteiger charge is 2.14. The zero-order valence-electron chi connectivity index (χ0n) is 11.9. The summed E-state index contributed by atoms with van der Waals surface area (Å²) < 4.78 is 5.64. The SMILES string of the molecule is Cc1ccc(C(N)c2cncc(OC(C)C)c2)c(Cl)c1. The van der Waals surface area contributed by atoms with Crippen LogP contribution in [0.15, 0.2) is 36.7 Å². The van der Waals surface area contributed by atoms with E-state index in [1.165, 1.54) is 0 Å². The van der Waals surface area contributed by atoms with Gasteiger partial charge in [0.05, 0.1) is 18.3 Å². The van der Waals surface area contributed by atoms with Crippen molar-refractivity contribution in [2.45, 2.75) is 32.9 Å². The molecule has 2 rings (SSSR count). The molecular weight excluding hydrogens is 272 g/mol. The average Bonchev–Trinajstić information content (AvgIpc) is 2.37. The summed E-state index contributed by atoms with van der Waals surface area (Å²) in [5, 5.41) is 0.674. The molecule has 0 saturated carbocycles.